The molecule has 0 saturated carbocycles. The van der Waals surface area contributed by atoms with Crippen molar-refractivity contribution in [3.05, 3.63) is 53.6 Å². The van der Waals surface area contributed by atoms with E-state index in [-0.39, 0.29) is 36.5 Å². The van der Waals surface area contributed by atoms with Crippen LogP contribution < -0.4 is 10.2 Å². The number of amides is 1. The molecule has 1 saturated heterocycles. The highest BCUT2D eigenvalue weighted by atomic mass is 32.2. The van der Waals surface area contributed by atoms with E-state index in [9.17, 15) is 26.4 Å². The van der Waals surface area contributed by atoms with Crippen LogP contribution in [0, 0.1) is 12.8 Å². The van der Waals surface area contributed by atoms with Crippen LogP contribution >= 0.6 is 0 Å². The maximum atomic E-state index is 13.1. The smallest absolute Gasteiger partial charge is 0.376 e. The van der Waals surface area contributed by atoms with Gasteiger partial charge in [-0.2, -0.15) is 17.5 Å². The maximum absolute atomic E-state index is 13.1. The first-order valence-electron chi connectivity index (χ1n) is 10.2. The van der Waals surface area contributed by atoms with E-state index in [0.717, 1.165) is 17.7 Å². The van der Waals surface area contributed by atoms with Crippen LogP contribution in [0.25, 0.3) is 0 Å². The summed E-state index contributed by atoms with van der Waals surface area (Å²) in [6, 6.07) is 9.77. The fourth-order valence-electron chi connectivity index (χ4n) is 3.65. The Balaban J connectivity index is 1.70. The molecule has 1 amide bonds. The van der Waals surface area contributed by atoms with Gasteiger partial charge in [-0.3, -0.25) is 4.79 Å². The molecule has 174 valence electrons. The summed E-state index contributed by atoms with van der Waals surface area (Å²) in [6.07, 6.45) is -3.96. The first-order valence-corrected chi connectivity index (χ1v) is 11.6. The Bertz CT molecular complexity index is 1080. The summed E-state index contributed by atoms with van der Waals surface area (Å²) in [6.45, 7) is 2.20. The number of halogens is 3. The van der Waals surface area contributed by atoms with E-state index in [1.807, 2.05) is 6.92 Å². The van der Waals surface area contributed by atoms with E-state index in [4.69, 9.17) is 0 Å². The number of anilines is 2. The zero-order valence-corrected chi connectivity index (χ0v) is 18.9. The van der Waals surface area contributed by atoms with Crippen LogP contribution in [0.15, 0.2) is 47.4 Å². The monoisotopic (exact) mass is 469 g/mol. The van der Waals surface area contributed by atoms with E-state index in [1.54, 1.807) is 43.3 Å². The molecule has 2 aromatic rings. The van der Waals surface area contributed by atoms with E-state index in [0.29, 0.717) is 5.69 Å². The molecule has 0 spiro atoms. The molecule has 1 N–H and O–H groups in total. The highest BCUT2D eigenvalue weighted by Crippen LogP contribution is 2.35. The van der Waals surface area contributed by atoms with Crippen molar-refractivity contribution in [1.29, 1.82) is 0 Å². The molecule has 0 aliphatic carbocycles. The number of carbonyl (C=O) groups is 1. The first-order chi connectivity index (χ1) is 14.9. The van der Waals surface area contributed by atoms with Gasteiger partial charge in [0.25, 0.3) is 0 Å². The quantitative estimate of drug-likeness (QED) is 0.715. The molecule has 3 rings (SSSR count). The molecule has 10 heteroatoms. The van der Waals surface area contributed by atoms with Gasteiger partial charge in [0.15, 0.2) is 0 Å². The second-order valence-corrected chi connectivity index (χ2v) is 10.0. The van der Waals surface area contributed by atoms with Crippen LogP contribution in [0.4, 0.5) is 24.5 Å². The number of aryl methyl sites for hydroxylation is 1. The number of rotatable bonds is 5. The van der Waals surface area contributed by atoms with Crippen molar-refractivity contribution in [2.45, 2.75) is 30.8 Å². The summed E-state index contributed by atoms with van der Waals surface area (Å²) in [4.78, 5) is 14.6. The van der Waals surface area contributed by atoms with Crippen molar-refractivity contribution in [2.24, 2.45) is 5.92 Å². The second kappa shape index (κ2) is 9.11. The number of nitrogens with one attached hydrogen (secondary N) is 1. The van der Waals surface area contributed by atoms with Gasteiger partial charge in [0, 0.05) is 33.1 Å². The highest BCUT2D eigenvalue weighted by Gasteiger charge is 2.34. The van der Waals surface area contributed by atoms with Crippen molar-refractivity contribution < 1.29 is 26.4 Å². The Kier molecular flexibility index (Phi) is 6.85. The zero-order valence-electron chi connectivity index (χ0n) is 18.1. The lowest BCUT2D eigenvalue weighted by Crippen LogP contribution is -2.41. The van der Waals surface area contributed by atoms with Gasteiger partial charge in [-0.25, -0.2) is 8.42 Å². The largest absolute Gasteiger partial charge is 0.416 e. The summed E-state index contributed by atoms with van der Waals surface area (Å²) in [7, 11) is -0.310. The lowest BCUT2D eigenvalue weighted by Gasteiger charge is -2.31. The van der Waals surface area contributed by atoms with Gasteiger partial charge < -0.3 is 10.2 Å². The Morgan fingerprint density at radius 3 is 2.19 bits per heavy atom. The molecule has 0 atom stereocenters. The molecular formula is C22H26F3N3O3S. The molecule has 1 fully saturated rings. The van der Waals surface area contributed by atoms with Crippen molar-refractivity contribution in [2.75, 3.05) is 37.4 Å². The summed E-state index contributed by atoms with van der Waals surface area (Å²) in [5.74, 6) is -0.913. The van der Waals surface area contributed by atoms with Crippen LogP contribution in [-0.2, 0) is 21.0 Å². The molecule has 32 heavy (non-hydrogen) atoms. The standard InChI is InChI=1S/C22H26F3N3O3S/c1-15-4-7-18(8-5-15)32(30,31)28-12-10-16(11-13-28)21(29)26-19-14-17(22(23,24)25)6-9-20(19)27(2)3/h4-9,14,16H,10-13H2,1-3H3,(H,26,29). The Morgan fingerprint density at radius 1 is 1.06 bits per heavy atom. The Morgan fingerprint density at radius 2 is 1.66 bits per heavy atom. The number of benzene rings is 2. The van der Waals surface area contributed by atoms with Gasteiger partial charge in [-0.15, -0.1) is 0 Å². The Labute approximate surface area is 186 Å². The summed E-state index contributed by atoms with van der Waals surface area (Å²) >= 11 is 0. The molecular weight excluding hydrogens is 443 g/mol. The van der Waals surface area contributed by atoms with Gasteiger partial charge in [0.1, 0.15) is 0 Å². The molecule has 0 aromatic heterocycles. The minimum atomic E-state index is -4.53. The predicted molar refractivity (Wildman–Crippen MR) is 117 cm³/mol. The van der Waals surface area contributed by atoms with Gasteiger partial charge in [-0.05, 0) is 50.1 Å². The van der Waals surface area contributed by atoms with Gasteiger partial charge in [0.05, 0.1) is 21.8 Å². The lowest BCUT2D eigenvalue weighted by molar-refractivity contribution is -0.137. The highest BCUT2D eigenvalue weighted by molar-refractivity contribution is 7.89. The zero-order chi connectivity index (χ0) is 23.7. The summed E-state index contributed by atoms with van der Waals surface area (Å²) in [5.41, 5.74) is 0.624. The third-order valence-electron chi connectivity index (χ3n) is 5.55. The first kappa shape index (κ1) is 24.1. The molecule has 1 aliphatic rings. The maximum Gasteiger partial charge on any atom is 0.416 e. The molecule has 1 heterocycles. The minimum absolute atomic E-state index is 0.0736. The number of carbonyl (C=O) groups excluding carboxylic acids is 1. The van der Waals surface area contributed by atoms with Crippen molar-refractivity contribution in [3.63, 3.8) is 0 Å². The molecule has 0 bridgehead atoms. The fourth-order valence-corrected chi connectivity index (χ4v) is 5.12. The third-order valence-corrected chi connectivity index (χ3v) is 7.46. The summed E-state index contributed by atoms with van der Waals surface area (Å²) < 4.78 is 66.4. The SMILES string of the molecule is Cc1ccc(S(=O)(=O)N2CCC(C(=O)Nc3cc(C(F)(F)F)ccc3N(C)C)CC2)cc1. The average molecular weight is 470 g/mol. The van der Waals surface area contributed by atoms with Gasteiger partial charge in [-0.1, -0.05) is 17.7 Å². The lowest BCUT2D eigenvalue weighted by atomic mass is 9.97. The van der Waals surface area contributed by atoms with E-state index in [2.05, 4.69) is 5.32 Å². The number of nitrogens with zero attached hydrogens (tertiary/aromatic N) is 2. The fraction of sp³-hybridized carbons (Fsp3) is 0.409. The van der Waals surface area contributed by atoms with Crippen LogP contribution in [0.1, 0.15) is 24.0 Å². The average Bonchev–Trinajstić information content (AvgIpc) is 2.73. The van der Waals surface area contributed by atoms with Crippen LogP contribution in [-0.4, -0.2) is 45.8 Å². The van der Waals surface area contributed by atoms with E-state index < -0.39 is 33.6 Å². The number of alkyl halides is 3. The molecule has 0 radical (unpaired) electrons. The van der Waals surface area contributed by atoms with Gasteiger partial charge >= 0.3 is 6.18 Å². The van der Waals surface area contributed by atoms with E-state index >= 15 is 0 Å². The molecule has 0 unspecified atom stereocenters. The van der Waals surface area contributed by atoms with Crippen molar-refractivity contribution in [1.82, 2.24) is 4.31 Å². The minimum Gasteiger partial charge on any atom is -0.376 e. The number of hydrogen-bond donors (Lipinski definition) is 1. The van der Waals surface area contributed by atoms with E-state index in [1.165, 1.54) is 10.4 Å². The topological polar surface area (TPSA) is 69.7 Å². The van der Waals surface area contributed by atoms with Crippen LogP contribution in [0.5, 0.6) is 0 Å². The molecule has 2 aromatic carbocycles. The molecule has 1 aliphatic heterocycles. The normalized spacial score (nSPS) is 16.1. The second-order valence-electron chi connectivity index (χ2n) is 8.10. The van der Waals surface area contributed by atoms with Crippen molar-refractivity contribution in [3.8, 4) is 0 Å². The Hall–Kier alpha value is -2.59. The third kappa shape index (κ3) is 5.24. The van der Waals surface area contributed by atoms with Crippen LogP contribution in [0.2, 0.25) is 0 Å². The summed E-state index contributed by atoms with van der Waals surface area (Å²) in [5, 5.41) is 2.62. The predicted octanol–water partition coefficient (Wildman–Crippen LogP) is 4.12. The van der Waals surface area contributed by atoms with Crippen molar-refractivity contribution >= 4 is 27.3 Å². The number of hydrogen-bond acceptors (Lipinski definition) is 4. The molecule has 6 nitrogen and oxygen atoms in total. The number of sulfonamides is 1. The van der Waals surface area contributed by atoms with Crippen LogP contribution in [0.3, 0.4) is 0 Å². The number of piperidine rings is 1. The van der Waals surface area contributed by atoms with Gasteiger partial charge in [0.2, 0.25) is 15.9 Å².